The van der Waals surface area contributed by atoms with E-state index in [9.17, 15) is 8.42 Å². The number of nitrogens with two attached hydrogens (primary N) is 1. The third-order valence-electron chi connectivity index (χ3n) is 1.04. The van der Waals surface area contributed by atoms with E-state index in [2.05, 4.69) is 9.32 Å². The molecular weight excluding hydrogens is 293 g/mol. The highest BCUT2D eigenvalue weighted by Crippen LogP contribution is 2.20. The summed E-state index contributed by atoms with van der Waals surface area (Å²) < 4.78 is 26.2. The smallest absolute Gasteiger partial charge is 0.370 e. The molecule has 0 unspecified atom stereocenters. The minimum Gasteiger partial charge on any atom is -0.370 e. The van der Waals surface area contributed by atoms with Gasteiger partial charge in [0.25, 0.3) is 0 Å². The Kier molecular flexibility index (Phi) is 2.91. The molecule has 6 heteroatoms. The molecule has 1 aromatic rings. The van der Waals surface area contributed by atoms with Crippen LogP contribution in [-0.4, -0.2) is 8.42 Å². The summed E-state index contributed by atoms with van der Waals surface area (Å²) >= 11 is 1.96. The summed E-state index contributed by atoms with van der Waals surface area (Å²) in [6, 6.07) is 6.70. The van der Waals surface area contributed by atoms with E-state index >= 15 is 0 Å². The van der Waals surface area contributed by atoms with Crippen LogP contribution in [0.15, 0.2) is 24.3 Å². The van der Waals surface area contributed by atoms with Crippen LogP contribution in [0.4, 0.5) is 0 Å². The van der Waals surface area contributed by atoms with Gasteiger partial charge in [0.1, 0.15) is 0 Å². The van der Waals surface area contributed by atoms with Crippen molar-refractivity contribution in [3.05, 3.63) is 27.8 Å². The Labute approximate surface area is 84.1 Å². The first-order valence-corrected chi connectivity index (χ1v) is 5.51. The highest BCUT2D eigenvalue weighted by molar-refractivity contribution is 14.1. The van der Waals surface area contributed by atoms with Gasteiger partial charge in [-0.2, -0.15) is 13.6 Å². The monoisotopic (exact) mass is 299 g/mol. The Morgan fingerprint density at radius 3 is 2.42 bits per heavy atom. The first-order chi connectivity index (χ1) is 5.49. The third kappa shape index (κ3) is 2.95. The van der Waals surface area contributed by atoms with Crippen molar-refractivity contribution in [2.75, 3.05) is 0 Å². The molecule has 0 bridgehead atoms. The van der Waals surface area contributed by atoms with E-state index in [4.69, 9.17) is 0 Å². The van der Waals surface area contributed by atoms with Gasteiger partial charge in [0, 0.05) is 0 Å². The molecule has 0 heterocycles. The van der Waals surface area contributed by atoms with Crippen LogP contribution in [0.3, 0.4) is 0 Å². The van der Waals surface area contributed by atoms with E-state index in [-0.39, 0.29) is 5.75 Å². The van der Waals surface area contributed by atoms with Crippen molar-refractivity contribution in [2.24, 2.45) is 5.14 Å². The summed E-state index contributed by atoms with van der Waals surface area (Å²) in [4.78, 5) is 0. The minimum absolute atomic E-state index is 0.251. The fourth-order valence-electron chi connectivity index (χ4n) is 0.637. The average Bonchev–Trinajstić information content (AvgIpc) is 1.91. The number of halogens is 1. The SMILES string of the molecule is NS(=O)(=O)Oc1ccccc1I. The zero-order chi connectivity index (χ0) is 9.19. The predicted octanol–water partition coefficient (Wildman–Crippen LogP) is 0.873. The average molecular weight is 299 g/mol. The molecule has 0 saturated heterocycles. The van der Waals surface area contributed by atoms with Crippen molar-refractivity contribution in [3.8, 4) is 5.75 Å². The molecule has 4 nitrogen and oxygen atoms in total. The van der Waals surface area contributed by atoms with Crippen molar-refractivity contribution < 1.29 is 12.6 Å². The predicted molar refractivity (Wildman–Crippen MR) is 52.9 cm³/mol. The standard InChI is InChI=1S/C6H6INO3S/c7-5-3-1-2-4-6(5)11-12(8,9)10/h1-4H,(H2,8,9,10). The van der Waals surface area contributed by atoms with Gasteiger partial charge in [0.05, 0.1) is 3.57 Å². The summed E-state index contributed by atoms with van der Waals surface area (Å²) in [6.07, 6.45) is 0. The van der Waals surface area contributed by atoms with Crippen LogP contribution < -0.4 is 9.32 Å². The lowest BCUT2D eigenvalue weighted by Gasteiger charge is -2.02. The molecule has 0 spiro atoms. The molecule has 0 aliphatic rings. The van der Waals surface area contributed by atoms with Crippen LogP contribution in [0, 0.1) is 3.57 Å². The van der Waals surface area contributed by atoms with Gasteiger partial charge >= 0.3 is 10.3 Å². The molecule has 0 aliphatic carbocycles. The highest BCUT2D eigenvalue weighted by Gasteiger charge is 2.06. The zero-order valence-electron chi connectivity index (χ0n) is 5.90. The molecule has 12 heavy (non-hydrogen) atoms. The van der Waals surface area contributed by atoms with Gasteiger partial charge in [-0.05, 0) is 34.7 Å². The van der Waals surface area contributed by atoms with Crippen LogP contribution in [0.1, 0.15) is 0 Å². The molecule has 0 aromatic heterocycles. The zero-order valence-corrected chi connectivity index (χ0v) is 8.87. The van der Waals surface area contributed by atoms with E-state index in [0.29, 0.717) is 3.57 Å². The summed E-state index contributed by atoms with van der Waals surface area (Å²) in [7, 11) is -3.90. The summed E-state index contributed by atoms with van der Waals surface area (Å²) in [5.74, 6) is 0.251. The molecule has 0 amide bonds. The van der Waals surface area contributed by atoms with Crippen molar-refractivity contribution in [1.29, 1.82) is 0 Å². The second-order valence-electron chi connectivity index (χ2n) is 2.01. The van der Waals surface area contributed by atoms with Crippen LogP contribution >= 0.6 is 22.6 Å². The molecule has 1 rings (SSSR count). The Morgan fingerprint density at radius 2 is 1.92 bits per heavy atom. The number of hydrogen-bond acceptors (Lipinski definition) is 3. The Balaban J connectivity index is 2.98. The van der Waals surface area contributed by atoms with E-state index in [0.717, 1.165) is 0 Å². The lowest BCUT2D eigenvalue weighted by Crippen LogP contribution is -2.19. The van der Waals surface area contributed by atoms with Crippen molar-refractivity contribution in [2.45, 2.75) is 0 Å². The number of para-hydroxylation sites is 1. The van der Waals surface area contributed by atoms with Crippen LogP contribution in [-0.2, 0) is 10.3 Å². The summed E-state index contributed by atoms with van der Waals surface area (Å²) in [5, 5.41) is 4.68. The molecular formula is C6H6INO3S. The molecule has 2 N–H and O–H groups in total. The van der Waals surface area contributed by atoms with Crippen molar-refractivity contribution in [3.63, 3.8) is 0 Å². The lowest BCUT2D eigenvalue weighted by molar-refractivity contribution is 0.486. The topological polar surface area (TPSA) is 69.4 Å². The van der Waals surface area contributed by atoms with Gasteiger partial charge in [-0.3, -0.25) is 0 Å². The Bertz CT molecular complexity index is 376. The first-order valence-electron chi connectivity index (χ1n) is 2.96. The van der Waals surface area contributed by atoms with Crippen LogP contribution in [0.2, 0.25) is 0 Å². The number of hydrogen-bond donors (Lipinski definition) is 1. The normalized spacial score (nSPS) is 11.2. The summed E-state index contributed by atoms with van der Waals surface area (Å²) in [6.45, 7) is 0. The third-order valence-corrected chi connectivity index (χ3v) is 2.35. The maximum atomic E-state index is 10.5. The van der Waals surface area contributed by atoms with Gasteiger partial charge in [-0.25, -0.2) is 0 Å². The maximum absolute atomic E-state index is 10.5. The summed E-state index contributed by atoms with van der Waals surface area (Å²) in [5.41, 5.74) is 0. The van der Waals surface area contributed by atoms with E-state index in [1.807, 2.05) is 22.6 Å². The van der Waals surface area contributed by atoms with Crippen LogP contribution in [0.25, 0.3) is 0 Å². The molecule has 0 saturated carbocycles. The van der Waals surface area contributed by atoms with Gasteiger partial charge in [0.2, 0.25) is 0 Å². The number of benzene rings is 1. The largest absolute Gasteiger partial charge is 0.380 e. The number of rotatable bonds is 2. The quantitative estimate of drug-likeness (QED) is 0.824. The molecule has 0 fully saturated rings. The molecule has 1 aromatic carbocycles. The van der Waals surface area contributed by atoms with E-state index in [1.165, 1.54) is 6.07 Å². The molecule has 0 radical (unpaired) electrons. The van der Waals surface area contributed by atoms with Crippen molar-refractivity contribution >= 4 is 32.9 Å². The fourth-order valence-corrected chi connectivity index (χ4v) is 1.68. The van der Waals surface area contributed by atoms with Gasteiger partial charge in [-0.15, -0.1) is 0 Å². The lowest BCUT2D eigenvalue weighted by atomic mass is 10.3. The van der Waals surface area contributed by atoms with Crippen LogP contribution in [0.5, 0.6) is 5.75 Å². The first kappa shape index (κ1) is 9.75. The molecule has 0 atom stereocenters. The molecule has 66 valence electrons. The van der Waals surface area contributed by atoms with E-state index in [1.54, 1.807) is 18.2 Å². The van der Waals surface area contributed by atoms with Gasteiger partial charge in [-0.1, -0.05) is 12.1 Å². The van der Waals surface area contributed by atoms with Gasteiger partial charge in [0.15, 0.2) is 5.75 Å². The highest BCUT2D eigenvalue weighted by atomic mass is 127. The Morgan fingerprint density at radius 1 is 1.33 bits per heavy atom. The second kappa shape index (κ2) is 3.58. The Hall–Kier alpha value is -0.340. The minimum atomic E-state index is -3.90. The van der Waals surface area contributed by atoms with Gasteiger partial charge < -0.3 is 4.18 Å². The maximum Gasteiger partial charge on any atom is 0.380 e. The molecule has 0 aliphatic heterocycles. The fraction of sp³-hybridized carbons (Fsp3) is 0. The van der Waals surface area contributed by atoms with Crippen molar-refractivity contribution in [1.82, 2.24) is 0 Å². The van der Waals surface area contributed by atoms with E-state index < -0.39 is 10.3 Å². The second-order valence-corrected chi connectivity index (χ2v) is 4.32.